The molecule has 3 heterocycles. The zero-order chi connectivity index (χ0) is 16.1. The Bertz CT molecular complexity index is 711. The molecule has 0 aromatic carbocycles. The molecule has 0 aliphatic carbocycles. The minimum atomic E-state index is -1.33. The highest BCUT2D eigenvalue weighted by atomic mass is 32.1. The standard InChI is InChI=1S/C14H15N3O4S/c1-3-15-10-9-7(6-22-10)11(19)17(12(9)20)14(2)5-4-8(18)16-13(14)21/h6,15H,3-5H2,1-2H3,(H,16,18,21)/t14-/m1/s1. The Balaban J connectivity index is 2.00. The molecule has 1 saturated heterocycles. The van der Waals surface area contributed by atoms with Gasteiger partial charge in [-0.15, -0.1) is 11.3 Å². The quantitative estimate of drug-likeness (QED) is 0.809. The van der Waals surface area contributed by atoms with Gasteiger partial charge in [-0.25, -0.2) is 0 Å². The van der Waals surface area contributed by atoms with Gasteiger partial charge >= 0.3 is 0 Å². The number of amides is 4. The van der Waals surface area contributed by atoms with E-state index in [1.807, 2.05) is 6.92 Å². The van der Waals surface area contributed by atoms with Crippen LogP contribution in [0.3, 0.4) is 0 Å². The summed E-state index contributed by atoms with van der Waals surface area (Å²) in [6, 6.07) is 0. The van der Waals surface area contributed by atoms with Crippen molar-refractivity contribution in [2.75, 3.05) is 11.9 Å². The molecule has 1 atom stereocenters. The largest absolute Gasteiger partial charge is 0.377 e. The smallest absolute Gasteiger partial charge is 0.265 e. The molecule has 1 aromatic rings. The molecule has 2 aliphatic heterocycles. The van der Waals surface area contributed by atoms with Gasteiger partial charge in [-0.2, -0.15) is 0 Å². The molecule has 7 nitrogen and oxygen atoms in total. The molecule has 0 radical (unpaired) electrons. The molecule has 0 spiro atoms. The molecule has 8 heteroatoms. The lowest BCUT2D eigenvalue weighted by atomic mass is 9.89. The van der Waals surface area contributed by atoms with E-state index in [9.17, 15) is 19.2 Å². The lowest BCUT2D eigenvalue weighted by Crippen LogP contribution is -2.62. The topological polar surface area (TPSA) is 95.6 Å². The molecule has 3 rings (SSSR count). The van der Waals surface area contributed by atoms with Gasteiger partial charge in [0.05, 0.1) is 11.1 Å². The Morgan fingerprint density at radius 2 is 2.05 bits per heavy atom. The summed E-state index contributed by atoms with van der Waals surface area (Å²) in [6.45, 7) is 4.04. The van der Waals surface area contributed by atoms with Crippen molar-refractivity contribution in [2.45, 2.75) is 32.2 Å². The Morgan fingerprint density at radius 3 is 2.68 bits per heavy atom. The van der Waals surface area contributed by atoms with Crippen LogP contribution in [0.15, 0.2) is 5.38 Å². The maximum absolute atomic E-state index is 12.7. The van der Waals surface area contributed by atoms with Crippen LogP contribution in [-0.2, 0) is 9.59 Å². The molecule has 0 unspecified atom stereocenters. The van der Waals surface area contributed by atoms with E-state index in [-0.39, 0.29) is 18.7 Å². The first-order valence-electron chi connectivity index (χ1n) is 6.98. The van der Waals surface area contributed by atoms with Gasteiger partial charge in [0.15, 0.2) is 0 Å². The molecular weight excluding hydrogens is 306 g/mol. The summed E-state index contributed by atoms with van der Waals surface area (Å²) in [5.74, 6) is -1.95. The van der Waals surface area contributed by atoms with Gasteiger partial charge in [-0.3, -0.25) is 29.4 Å². The van der Waals surface area contributed by atoms with Crippen LogP contribution in [0.5, 0.6) is 0 Å². The SMILES string of the molecule is CCNc1scc2c1C(=O)N([C@]1(C)CCC(=O)NC1=O)C2=O. The second kappa shape index (κ2) is 4.91. The van der Waals surface area contributed by atoms with Crippen LogP contribution in [0, 0.1) is 0 Å². The predicted octanol–water partition coefficient (Wildman–Crippen LogP) is 0.971. The number of hydrogen-bond acceptors (Lipinski definition) is 6. The normalized spacial score (nSPS) is 24.5. The number of piperidine rings is 1. The van der Waals surface area contributed by atoms with Crippen molar-refractivity contribution in [2.24, 2.45) is 0 Å². The second-order valence-electron chi connectivity index (χ2n) is 5.48. The molecular formula is C14H15N3O4S. The monoisotopic (exact) mass is 321 g/mol. The Kier molecular flexibility index (Phi) is 3.28. The van der Waals surface area contributed by atoms with Gasteiger partial charge in [0.25, 0.3) is 17.7 Å². The van der Waals surface area contributed by atoms with Crippen LogP contribution in [0.2, 0.25) is 0 Å². The van der Waals surface area contributed by atoms with E-state index in [0.29, 0.717) is 22.7 Å². The average molecular weight is 321 g/mol. The van der Waals surface area contributed by atoms with E-state index in [1.165, 1.54) is 18.3 Å². The third-order valence-corrected chi connectivity index (χ3v) is 4.99. The zero-order valence-corrected chi connectivity index (χ0v) is 13.0. The van der Waals surface area contributed by atoms with E-state index in [0.717, 1.165) is 4.90 Å². The maximum atomic E-state index is 12.7. The third kappa shape index (κ3) is 1.87. The van der Waals surface area contributed by atoms with Gasteiger partial charge in [0, 0.05) is 18.3 Å². The van der Waals surface area contributed by atoms with E-state index in [2.05, 4.69) is 10.6 Å². The molecule has 1 aromatic heterocycles. The van der Waals surface area contributed by atoms with E-state index >= 15 is 0 Å². The molecule has 1 fully saturated rings. The number of fused-ring (bicyclic) bond motifs is 1. The van der Waals surface area contributed by atoms with Crippen LogP contribution in [0.25, 0.3) is 0 Å². The van der Waals surface area contributed by atoms with E-state index in [1.54, 1.807) is 5.38 Å². The molecule has 2 N–H and O–H groups in total. The summed E-state index contributed by atoms with van der Waals surface area (Å²) in [4.78, 5) is 49.8. The number of thiophene rings is 1. The highest BCUT2D eigenvalue weighted by Crippen LogP contribution is 2.40. The molecule has 22 heavy (non-hydrogen) atoms. The highest BCUT2D eigenvalue weighted by Gasteiger charge is 2.53. The summed E-state index contributed by atoms with van der Waals surface area (Å²) in [7, 11) is 0. The minimum Gasteiger partial charge on any atom is -0.377 e. The molecule has 2 aliphatic rings. The summed E-state index contributed by atoms with van der Waals surface area (Å²) >= 11 is 1.30. The number of rotatable bonds is 3. The summed E-state index contributed by atoms with van der Waals surface area (Å²) in [5, 5.41) is 7.53. The van der Waals surface area contributed by atoms with Gasteiger partial charge in [0.1, 0.15) is 10.5 Å². The fraction of sp³-hybridized carbons (Fsp3) is 0.429. The number of imide groups is 2. The van der Waals surface area contributed by atoms with Crippen molar-refractivity contribution >= 4 is 40.0 Å². The van der Waals surface area contributed by atoms with Crippen LogP contribution in [-0.4, -0.2) is 40.6 Å². The van der Waals surface area contributed by atoms with Crippen LogP contribution in [0.1, 0.15) is 47.4 Å². The highest BCUT2D eigenvalue weighted by molar-refractivity contribution is 7.15. The van der Waals surface area contributed by atoms with E-state index < -0.39 is 23.3 Å². The van der Waals surface area contributed by atoms with Gasteiger partial charge in [-0.1, -0.05) is 0 Å². The first kappa shape index (κ1) is 14.7. The number of nitrogens with one attached hydrogen (secondary N) is 2. The van der Waals surface area contributed by atoms with Crippen molar-refractivity contribution in [3.05, 3.63) is 16.5 Å². The number of nitrogens with zero attached hydrogens (tertiary/aromatic N) is 1. The number of carbonyl (C=O) groups is 4. The molecule has 116 valence electrons. The van der Waals surface area contributed by atoms with Crippen molar-refractivity contribution in [3.8, 4) is 0 Å². The Labute approximate surface area is 130 Å². The number of anilines is 1. The van der Waals surface area contributed by atoms with Crippen molar-refractivity contribution < 1.29 is 19.2 Å². The minimum absolute atomic E-state index is 0.103. The first-order chi connectivity index (χ1) is 10.4. The van der Waals surface area contributed by atoms with Crippen molar-refractivity contribution in [1.82, 2.24) is 10.2 Å². The fourth-order valence-corrected chi connectivity index (χ4v) is 3.80. The van der Waals surface area contributed by atoms with Crippen LogP contribution < -0.4 is 10.6 Å². The van der Waals surface area contributed by atoms with Gasteiger partial charge in [-0.05, 0) is 20.3 Å². The lowest BCUT2D eigenvalue weighted by Gasteiger charge is -2.38. The zero-order valence-electron chi connectivity index (χ0n) is 12.2. The lowest BCUT2D eigenvalue weighted by molar-refractivity contribution is -0.140. The fourth-order valence-electron chi connectivity index (χ4n) is 2.80. The summed E-state index contributed by atoms with van der Waals surface area (Å²) < 4.78 is 0. The second-order valence-corrected chi connectivity index (χ2v) is 6.36. The van der Waals surface area contributed by atoms with Gasteiger partial charge in [0.2, 0.25) is 5.91 Å². The predicted molar refractivity (Wildman–Crippen MR) is 79.8 cm³/mol. The van der Waals surface area contributed by atoms with Crippen LogP contribution >= 0.6 is 11.3 Å². The average Bonchev–Trinajstić information content (AvgIpc) is 2.97. The maximum Gasteiger partial charge on any atom is 0.265 e. The summed E-state index contributed by atoms with van der Waals surface area (Å²) in [5.41, 5.74) is -0.693. The molecule has 0 bridgehead atoms. The first-order valence-corrected chi connectivity index (χ1v) is 7.86. The van der Waals surface area contributed by atoms with Crippen LogP contribution in [0.4, 0.5) is 5.00 Å². The van der Waals surface area contributed by atoms with Gasteiger partial charge < -0.3 is 5.32 Å². The molecule has 0 saturated carbocycles. The Morgan fingerprint density at radius 1 is 1.32 bits per heavy atom. The van der Waals surface area contributed by atoms with Crippen molar-refractivity contribution in [3.63, 3.8) is 0 Å². The number of carbonyl (C=O) groups excluding carboxylic acids is 4. The van der Waals surface area contributed by atoms with Crippen molar-refractivity contribution in [1.29, 1.82) is 0 Å². The van der Waals surface area contributed by atoms with E-state index in [4.69, 9.17) is 0 Å². The summed E-state index contributed by atoms with van der Waals surface area (Å²) in [6.07, 6.45) is 0.242. The third-order valence-electron chi connectivity index (χ3n) is 4.05. The molecule has 4 amide bonds. The Hall–Kier alpha value is -2.22. The number of hydrogen-bond donors (Lipinski definition) is 2.